The van der Waals surface area contributed by atoms with E-state index >= 15 is 0 Å². The number of benzene rings is 2. The molecule has 122 valence electrons. The smallest absolute Gasteiger partial charge is 0.341 e. The summed E-state index contributed by atoms with van der Waals surface area (Å²) >= 11 is 5.61. The summed E-state index contributed by atoms with van der Waals surface area (Å²) in [7, 11) is 0. The normalized spacial score (nSPS) is 11.2. The number of anilines is 1. The van der Waals surface area contributed by atoms with E-state index in [2.05, 4.69) is 5.32 Å². The summed E-state index contributed by atoms with van der Waals surface area (Å²) in [4.78, 5) is 23.9. The van der Waals surface area contributed by atoms with Crippen molar-refractivity contribution >= 4 is 29.2 Å². The van der Waals surface area contributed by atoms with Gasteiger partial charge in [-0.2, -0.15) is 5.26 Å². The van der Waals surface area contributed by atoms with Crippen LogP contribution in [0.4, 0.5) is 10.1 Å². The standard InChI is InChI=1S/C17H12ClFN2O3/c1-10(16(22)21-13-4-2-3-11(7-13)9-20)24-17(23)14-6-5-12(18)8-15(14)19/h2-8,10H,1H3,(H,21,22)/t10-/m0/s1. The lowest BCUT2D eigenvalue weighted by atomic mass is 10.2. The first-order valence-corrected chi connectivity index (χ1v) is 7.25. The van der Waals surface area contributed by atoms with Crippen molar-refractivity contribution in [3.8, 4) is 6.07 Å². The summed E-state index contributed by atoms with van der Waals surface area (Å²) in [6, 6.07) is 11.7. The maximum absolute atomic E-state index is 13.7. The second-order valence-electron chi connectivity index (χ2n) is 4.85. The van der Waals surface area contributed by atoms with E-state index in [0.29, 0.717) is 11.3 Å². The molecule has 0 saturated carbocycles. The third-order valence-corrected chi connectivity index (χ3v) is 3.30. The highest BCUT2D eigenvalue weighted by molar-refractivity contribution is 6.30. The van der Waals surface area contributed by atoms with Crippen molar-refractivity contribution in [3.63, 3.8) is 0 Å². The zero-order valence-electron chi connectivity index (χ0n) is 12.5. The molecule has 7 heteroatoms. The number of amides is 1. The molecule has 0 fully saturated rings. The van der Waals surface area contributed by atoms with Crippen molar-refractivity contribution in [1.82, 2.24) is 0 Å². The van der Waals surface area contributed by atoms with Gasteiger partial charge in [0.2, 0.25) is 0 Å². The third-order valence-electron chi connectivity index (χ3n) is 3.06. The van der Waals surface area contributed by atoms with Crippen molar-refractivity contribution in [2.45, 2.75) is 13.0 Å². The SMILES string of the molecule is C[C@H](OC(=O)c1ccc(Cl)cc1F)C(=O)Nc1cccc(C#N)c1. The Balaban J connectivity index is 2.03. The summed E-state index contributed by atoms with van der Waals surface area (Å²) in [6.07, 6.45) is -1.15. The Hall–Kier alpha value is -2.91. The fraction of sp³-hybridized carbons (Fsp3) is 0.118. The molecule has 1 atom stereocenters. The molecule has 24 heavy (non-hydrogen) atoms. The quantitative estimate of drug-likeness (QED) is 0.859. The Morgan fingerprint density at radius 1 is 1.29 bits per heavy atom. The third kappa shape index (κ3) is 4.31. The van der Waals surface area contributed by atoms with Crippen LogP contribution in [0.2, 0.25) is 5.02 Å². The maximum Gasteiger partial charge on any atom is 0.341 e. The van der Waals surface area contributed by atoms with Crippen molar-refractivity contribution < 1.29 is 18.7 Å². The zero-order valence-corrected chi connectivity index (χ0v) is 13.3. The number of ether oxygens (including phenoxy) is 1. The minimum atomic E-state index is -1.15. The molecule has 0 spiro atoms. The molecule has 2 rings (SSSR count). The number of nitrogens with one attached hydrogen (secondary N) is 1. The Bertz CT molecular complexity index is 833. The monoisotopic (exact) mass is 346 g/mol. The van der Waals surface area contributed by atoms with Gasteiger partial charge in [-0.05, 0) is 43.3 Å². The van der Waals surface area contributed by atoms with Gasteiger partial charge in [0.15, 0.2) is 6.10 Å². The van der Waals surface area contributed by atoms with Crippen molar-refractivity contribution in [1.29, 1.82) is 5.26 Å². The van der Waals surface area contributed by atoms with Crippen LogP contribution in [0.3, 0.4) is 0 Å². The van der Waals surface area contributed by atoms with E-state index < -0.39 is 23.8 Å². The van der Waals surface area contributed by atoms with Crippen LogP contribution in [0.5, 0.6) is 0 Å². The molecule has 0 aromatic heterocycles. The molecule has 0 bridgehead atoms. The first-order chi connectivity index (χ1) is 11.4. The Morgan fingerprint density at radius 2 is 2.04 bits per heavy atom. The van der Waals surface area contributed by atoms with Gasteiger partial charge in [0.25, 0.3) is 5.91 Å². The summed E-state index contributed by atoms with van der Waals surface area (Å²) in [5.41, 5.74) is 0.450. The van der Waals surface area contributed by atoms with E-state index in [0.717, 1.165) is 6.07 Å². The predicted octanol–water partition coefficient (Wildman–Crippen LogP) is 3.53. The number of carbonyl (C=O) groups excluding carboxylic acids is 2. The van der Waals surface area contributed by atoms with Gasteiger partial charge in [0, 0.05) is 10.7 Å². The number of nitriles is 1. The highest BCUT2D eigenvalue weighted by Gasteiger charge is 2.21. The van der Waals surface area contributed by atoms with Crippen LogP contribution < -0.4 is 5.32 Å². The summed E-state index contributed by atoms with van der Waals surface area (Å²) < 4.78 is 18.6. The van der Waals surface area contributed by atoms with Crippen LogP contribution >= 0.6 is 11.6 Å². The van der Waals surface area contributed by atoms with Crippen molar-refractivity contribution in [2.24, 2.45) is 0 Å². The lowest BCUT2D eigenvalue weighted by molar-refractivity contribution is -0.123. The molecule has 0 unspecified atom stereocenters. The van der Waals surface area contributed by atoms with Gasteiger partial charge in [-0.25, -0.2) is 9.18 Å². The molecule has 0 aliphatic heterocycles. The van der Waals surface area contributed by atoms with Crippen LogP contribution in [0.1, 0.15) is 22.8 Å². The highest BCUT2D eigenvalue weighted by atomic mass is 35.5. The molecule has 0 saturated heterocycles. The van der Waals surface area contributed by atoms with Gasteiger partial charge >= 0.3 is 5.97 Å². The minimum Gasteiger partial charge on any atom is -0.449 e. The second-order valence-corrected chi connectivity index (χ2v) is 5.29. The number of halogens is 2. The predicted molar refractivity (Wildman–Crippen MR) is 86.1 cm³/mol. The first kappa shape index (κ1) is 17.4. The van der Waals surface area contributed by atoms with Gasteiger partial charge in [-0.1, -0.05) is 17.7 Å². The van der Waals surface area contributed by atoms with Crippen molar-refractivity contribution in [3.05, 3.63) is 64.4 Å². The molecule has 0 aliphatic rings. The lowest BCUT2D eigenvalue weighted by Crippen LogP contribution is -2.30. The molecular formula is C17H12ClFN2O3. The largest absolute Gasteiger partial charge is 0.449 e. The van der Waals surface area contributed by atoms with Gasteiger partial charge in [-0.3, -0.25) is 4.79 Å². The van der Waals surface area contributed by atoms with E-state index in [4.69, 9.17) is 21.6 Å². The molecule has 1 amide bonds. The molecule has 0 radical (unpaired) electrons. The Labute approximate surface area is 142 Å². The minimum absolute atomic E-state index is 0.146. The fourth-order valence-electron chi connectivity index (χ4n) is 1.84. The van der Waals surface area contributed by atoms with E-state index in [1.54, 1.807) is 18.2 Å². The number of carbonyl (C=O) groups is 2. The Kier molecular flexibility index (Phi) is 5.51. The highest BCUT2D eigenvalue weighted by Crippen LogP contribution is 2.16. The molecule has 5 nitrogen and oxygen atoms in total. The summed E-state index contributed by atoms with van der Waals surface area (Å²) in [5.74, 6) is -2.41. The van der Waals surface area contributed by atoms with Crippen molar-refractivity contribution in [2.75, 3.05) is 5.32 Å². The van der Waals surface area contributed by atoms with E-state index in [1.165, 1.54) is 25.1 Å². The molecule has 1 N–H and O–H groups in total. The molecular weight excluding hydrogens is 335 g/mol. The number of esters is 1. The van der Waals surface area contributed by atoms with Gasteiger partial charge in [0.1, 0.15) is 5.82 Å². The average molecular weight is 347 g/mol. The fourth-order valence-corrected chi connectivity index (χ4v) is 2.00. The number of rotatable bonds is 4. The number of hydrogen-bond acceptors (Lipinski definition) is 4. The molecule has 2 aromatic carbocycles. The van der Waals surface area contributed by atoms with Crippen LogP contribution in [0.15, 0.2) is 42.5 Å². The lowest BCUT2D eigenvalue weighted by Gasteiger charge is -2.14. The number of hydrogen-bond donors (Lipinski definition) is 1. The van der Waals surface area contributed by atoms with Crippen LogP contribution in [0, 0.1) is 17.1 Å². The Morgan fingerprint density at radius 3 is 2.71 bits per heavy atom. The molecule has 2 aromatic rings. The van der Waals surface area contributed by atoms with E-state index in [-0.39, 0.29) is 10.6 Å². The summed E-state index contributed by atoms with van der Waals surface area (Å²) in [5, 5.41) is 11.5. The first-order valence-electron chi connectivity index (χ1n) is 6.88. The average Bonchev–Trinajstić information content (AvgIpc) is 2.54. The van der Waals surface area contributed by atoms with Crippen LogP contribution in [-0.2, 0) is 9.53 Å². The summed E-state index contributed by atoms with van der Waals surface area (Å²) in [6.45, 7) is 1.36. The second kappa shape index (κ2) is 7.57. The molecule has 0 heterocycles. The van der Waals surface area contributed by atoms with Crippen LogP contribution in [-0.4, -0.2) is 18.0 Å². The van der Waals surface area contributed by atoms with E-state index in [1.807, 2.05) is 6.07 Å². The van der Waals surface area contributed by atoms with Gasteiger partial charge in [0.05, 0.1) is 17.2 Å². The zero-order chi connectivity index (χ0) is 17.7. The molecule has 0 aliphatic carbocycles. The van der Waals surface area contributed by atoms with E-state index in [9.17, 15) is 14.0 Å². The number of nitrogens with zero attached hydrogens (tertiary/aromatic N) is 1. The van der Waals surface area contributed by atoms with Gasteiger partial charge < -0.3 is 10.1 Å². The van der Waals surface area contributed by atoms with Gasteiger partial charge in [-0.15, -0.1) is 0 Å². The van der Waals surface area contributed by atoms with Crippen LogP contribution in [0.25, 0.3) is 0 Å². The topological polar surface area (TPSA) is 79.2 Å². The maximum atomic E-state index is 13.7.